The van der Waals surface area contributed by atoms with Gasteiger partial charge in [-0.05, 0) is 41.0 Å². The molecule has 0 aromatic heterocycles. The lowest BCUT2D eigenvalue weighted by atomic mass is 9.77. The third kappa shape index (κ3) is 1.81. The van der Waals surface area contributed by atoms with Gasteiger partial charge in [-0.15, -0.1) is 0 Å². The summed E-state index contributed by atoms with van der Waals surface area (Å²) in [6.45, 7) is 6.54. The van der Waals surface area contributed by atoms with Crippen LogP contribution in [0.25, 0.3) is 5.57 Å². The first kappa shape index (κ1) is 12.2. The minimum absolute atomic E-state index is 0.159. The molecule has 0 saturated heterocycles. The van der Waals surface area contributed by atoms with E-state index in [0.29, 0.717) is 5.92 Å². The van der Waals surface area contributed by atoms with Crippen molar-refractivity contribution in [3.8, 4) is 0 Å². The van der Waals surface area contributed by atoms with E-state index in [1.54, 1.807) is 6.08 Å². The number of rotatable bonds is 3. The maximum atomic E-state index is 10.7. The zero-order valence-corrected chi connectivity index (χ0v) is 11.2. The normalized spacial score (nSPS) is 29.5. The molecule has 1 saturated carbocycles. The summed E-state index contributed by atoms with van der Waals surface area (Å²) in [4.78, 5) is 10.7. The molecule has 2 bridgehead atoms. The number of carbonyl (C=O) groups excluding carboxylic acids is 1. The van der Waals surface area contributed by atoms with Gasteiger partial charge < -0.3 is 0 Å². The second-order valence-corrected chi connectivity index (χ2v) is 5.84. The van der Waals surface area contributed by atoms with Crippen molar-refractivity contribution < 1.29 is 4.79 Å². The van der Waals surface area contributed by atoms with Crippen LogP contribution in [0.1, 0.15) is 25.3 Å². The third-order valence-electron chi connectivity index (χ3n) is 4.48. The van der Waals surface area contributed by atoms with Crippen LogP contribution in [0, 0.1) is 11.3 Å². The lowest BCUT2D eigenvalue weighted by Gasteiger charge is -2.27. The number of hydrogen-bond donors (Lipinski definition) is 0. The largest absolute Gasteiger partial charge is 0.299 e. The van der Waals surface area contributed by atoms with Gasteiger partial charge in [0.05, 0.1) is 0 Å². The summed E-state index contributed by atoms with van der Waals surface area (Å²) in [5.74, 6) is 0.457. The second kappa shape index (κ2) is 4.34. The Hall–Kier alpha value is -1.89. The lowest BCUT2D eigenvalue weighted by molar-refractivity contribution is -0.104. The van der Waals surface area contributed by atoms with E-state index in [1.807, 2.05) is 12.1 Å². The number of hydrogen-bond acceptors (Lipinski definition) is 1. The van der Waals surface area contributed by atoms with E-state index < -0.39 is 0 Å². The molecule has 0 heterocycles. The van der Waals surface area contributed by atoms with Crippen molar-refractivity contribution in [1.29, 1.82) is 0 Å². The molecule has 19 heavy (non-hydrogen) atoms. The van der Waals surface area contributed by atoms with E-state index in [0.717, 1.165) is 19.1 Å². The van der Waals surface area contributed by atoms with Crippen LogP contribution in [0.2, 0.25) is 0 Å². The molecule has 2 aliphatic carbocycles. The maximum absolute atomic E-state index is 10.7. The molecule has 1 fully saturated rings. The van der Waals surface area contributed by atoms with Gasteiger partial charge in [0.2, 0.25) is 0 Å². The highest BCUT2D eigenvalue weighted by Crippen LogP contribution is 2.62. The smallest absolute Gasteiger partial charge is 0.142 e. The molecule has 1 nitrogen and oxygen atoms in total. The fraction of sp³-hybridized carbons (Fsp3) is 0.278. The van der Waals surface area contributed by atoms with E-state index >= 15 is 0 Å². The Labute approximate surface area is 114 Å². The Bertz CT molecular complexity index is 591. The van der Waals surface area contributed by atoms with Crippen LogP contribution in [0.4, 0.5) is 0 Å². The van der Waals surface area contributed by atoms with Crippen molar-refractivity contribution in [3.63, 3.8) is 0 Å². The van der Waals surface area contributed by atoms with E-state index in [1.165, 1.54) is 22.3 Å². The summed E-state index contributed by atoms with van der Waals surface area (Å²) < 4.78 is 0. The fourth-order valence-corrected chi connectivity index (χ4v) is 3.72. The summed E-state index contributed by atoms with van der Waals surface area (Å²) in [6, 6.07) is 10.5. The van der Waals surface area contributed by atoms with Crippen molar-refractivity contribution in [2.75, 3.05) is 0 Å². The Morgan fingerprint density at radius 3 is 2.74 bits per heavy atom. The van der Waals surface area contributed by atoms with Crippen molar-refractivity contribution in [2.45, 2.75) is 19.8 Å². The van der Waals surface area contributed by atoms with Crippen molar-refractivity contribution in [2.24, 2.45) is 11.3 Å². The molecule has 3 rings (SSSR count). The highest BCUT2D eigenvalue weighted by molar-refractivity contribution is 5.81. The number of benzene rings is 1. The molecule has 2 aliphatic rings. The zero-order valence-electron chi connectivity index (χ0n) is 11.2. The summed E-state index contributed by atoms with van der Waals surface area (Å²) >= 11 is 0. The van der Waals surface area contributed by atoms with E-state index in [2.05, 4.69) is 37.8 Å². The lowest BCUT2D eigenvalue weighted by Crippen LogP contribution is -2.13. The van der Waals surface area contributed by atoms with Crippen LogP contribution in [-0.4, -0.2) is 6.29 Å². The van der Waals surface area contributed by atoms with Gasteiger partial charge in [-0.3, -0.25) is 4.79 Å². The van der Waals surface area contributed by atoms with Gasteiger partial charge in [0.25, 0.3) is 0 Å². The van der Waals surface area contributed by atoms with Gasteiger partial charge in [-0.2, -0.15) is 0 Å². The monoisotopic (exact) mass is 250 g/mol. The molecule has 0 N–H and O–H groups in total. The van der Waals surface area contributed by atoms with Crippen LogP contribution in [0.3, 0.4) is 0 Å². The minimum Gasteiger partial charge on any atom is -0.299 e. The van der Waals surface area contributed by atoms with Gasteiger partial charge in [-0.1, -0.05) is 55.5 Å². The summed E-state index contributed by atoms with van der Waals surface area (Å²) in [7, 11) is 0. The molecular formula is C18H18O. The van der Waals surface area contributed by atoms with Crippen LogP contribution < -0.4 is 0 Å². The van der Waals surface area contributed by atoms with Crippen LogP contribution >= 0.6 is 0 Å². The Morgan fingerprint density at radius 2 is 2.05 bits per heavy atom. The van der Waals surface area contributed by atoms with Gasteiger partial charge in [0.1, 0.15) is 6.29 Å². The first-order chi connectivity index (χ1) is 9.15. The molecule has 96 valence electrons. The molecule has 1 aromatic carbocycles. The SMILES string of the molecule is C=C1CC2(C)CC1C(c1ccccc1)=C2C=CC=O. The van der Waals surface area contributed by atoms with Gasteiger partial charge >= 0.3 is 0 Å². The van der Waals surface area contributed by atoms with Crippen molar-refractivity contribution >= 4 is 11.9 Å². The topological polar surface area (TPSA) is 17.1 Å². The van der Waals surface area contributed by atoms with Crippen LogP contribution in [0.15, 0.2) is 60.2 Å². The molecule has 1 heteroatoms. The minimum atomic E-state index is 0.159. The second-order valence-electron chi connectivity index (χ2n) is 5.84. The fourth-order valence-electron chi connectivity index (χ4n) is 3.72. The summed E-state index contributed by atoms with van der Waals surface area (Å²) in [6.07, 6.45) is 6.66. The summed E-state index contributed by atoms with van der Waals surface area (Å²) in [5.41, 5.74) is 5.46. The highest BCUT2D eigenvalue weighted by atomic mass is 16.1. The van der Waals surface area contributed by atoms with Gasteiger partial charge in [-0.25, -0.2) is 0 Å². The van der Waals surface area contributed by atoms with Crippen molar-refractivity contribution in [3.05, 3.63) is 65.8 Å². The number of fused-ring (bicyclic) bond motifs is 2. The first-order valence-corrected chi connectivity index (χ1v) is 6.75. The van der Waals surface area contributed by atoms with Crippen molar-refractivity contribution in [1.82, 2.24) is 0 Å². The molecular weight excluding hydrogens is 232 g/mol. The number of aldehydes is 1. The molecule has 1 aromatic rings. The Kier molecular flexibility index (Phi) is 2.78. The average Bonchev–Trinajstić information content (AvgIpc) is 2.86. The molecule has 0 aliphatic heterocycles. The predicted molar refractivity (Wildman–Crippen MR) is 78.5 cm³/mol. The average molecular weight is 250 g/mol. The number of allylic oxidation sites excluding steroid dienone is 5. The molecule has 0 radical (unpaired) electrons. The van der Waals surface area contributed by atoms with Gasteiger partial charge in [0, 0.05) is 5.92 Å². The Morgan fingerprint density at radius 1 is 1.32 bits per heavy atom. The van der Waals surface area contributed by atoms with Crippen LogP contribution in [-0.2, 0) is 4.79 Å². The standard InChI is InChI=1S/C18H18O/c1-13-11-18(2)12-15(13)17(16(18)9-6-10-19)14-7-4-3-5-8-14/h3-10,15H,1,11-12H2,2H3. The van der Waals surface area contributed by atoms with Gasteiger partial charge in [0.15, 0.2) is 0 Å². The highest BCUT2D eigenvalue weighted by Gasteiger charge is 2.48. The molecule has 0 spiro atoms. The molecule has 2 unspecified atom stereocenters. The first-order valence-electron chi connectivity index (χ1n) is 6.75. The summed E-state index contributed by atoms with van der Waals surface area (Å²) in [5, 5.41) is 0. The van der Waals surface area contributed by atoms with E-state index in [-0.39, 0.29) is 5.41 Å². The van der Waals surface area contributed by atoms with E-state index in [4.69, 9.17) is 0 Å². The molecule has 2 atom stereocenters. The Balaban J connectivity index is 2.18. The zero-order chi connectivity index (χ0) is 13.5. The third-order valence-corrected chi connectivity index (χ3v) is 4.48. The number of carbonyl (C=O) groups is 1. The van der Waals surface area contributed by atoms with E-state index in [9.17, 15) is 4.79 Å². The quantitative estimate of drug-likeness (QED) is 0.447. The predicted octanol–water partition coefficient (Wildman–Crippen LogP) is 4.18. The maximum Gasteiger partial charge on any atom is 0.142 e. The van der Waals surface area contributed by atoms with Crippen LogP contribution in [0.5, 0.6) is 0 Å². The molecule has 0 amide bonds.